The van der Waals surface area contributed by atoms with E-state index in [0.29, 0.717) is 24.5 Å². The van der Waals surface area contributed by atoms with E-state index in [1.807, 2.05) is 70.5 Å². The summed E-state index contributed by atoms with van der Waals surface area (Å²) in [5.74, 6) is 0.296. The molecule has 2 atom stereocenters. The fourth-order valence-electron chi connectivity index (χ4n) is 11.4. The lowest BCUT2D eigenvalue weighted by Crippen LogP contribution is -2.67. The number of aryl methyl sites for hydroxylation is 1. The van der Waals surface area contributed by atoms with E-state index in [4.69, 9.17) is 33.3 Å². The van der Waals surface area contributed by atoms with Gasteiger partial charge in [-0.05, 0) is 88.7 Å². The highest BCUT2D eigenvalue weighted by Crippen LogP contribution is 2.46. The number of fused-ring (bicyclic) bond motifs is 1. The Morgan fingerprint density at radius 1 is 0.789 bits per heavy atom. The lowest BCUT2D eigenvalue weighted by Gasteiger charge is -2.43. The molecule has 0 radical (unpaired) electrons. The summed E-state index contributed by atoms with van der Waals surface area (Å²) in [5, 5.41) is 1.92. The van der Waals surface area contributed by atoms with Crippen LogP contribution in [0.3, 0.4) is 0 Å². The molecule has 4 aromatic carbocycles. The molecule has 3 aliphatic heterocycles. The first kappa shape index (κ1) is 52.5. The average molecular weight is 1060 g/mol. The van der Waals surface area contributed by atoms with E-state index in [0.717, 1.165) is 27.9 Å². The summed E-state index contributed by atoms with van der Waals surface area (Å²) in [7, 11) is 0.107. The highest BCUT2D eigenvalue weighted by molar-refractivity contribution is 6.99. The number of aromatic nitrogens is 4. The molecule has 0 saturated carbocycles. The zero-order valence-electron chi connectivity index (χ0n) is 43.6. The Balaban J connectivity index is 1.10. The van der Waals surface area contributed by atoms with Gasteiger partial charge in [0, 0.05) is 32.6 Å². The summed E-state index contributed by atoms with van der Waals surface area (Å²) in [4.78, 5) is 24.7. The predicted octanol–water partition coefficient (Wildman–Crippen LogP) is 10.5. The Hall–Kier alpha value is -6.89. The van der Waals surface area contributed by atoms with Gasteiger partial charge in [0.05, 0.1) is 38.5 Å². The Morgan fingerprint density at radius 3 is 1.99 bits per heavy atom. The van der Waals surface area contributed by atoms with Crippen LogP contribution in [0.1, 0.15) is 62.3 Å². The third kappa shape index (κ3) is 10.3. The number of halogens is 5. The van der Waals surface area contributed by atoms with Gasteiger partial charge in [0.25, 0.3) is 8.32 Å². The van der Waals surface area contributed by atoms with Gasteiger partial charge in [-0.2, -0.15) is 23.1 Å². The minimum absolute atomic E-state index is 0.00498. The van der Waals surface area contributed by atoms with Gasteiger partial charge >= 0.3 is 12.2 Å². The second-order valence-corrected chi connectivity index (χ2v) is 25.2. The SMILES string of the molecule is COc1ccc(CN(Cc2ccc(OC)cc2)c2cc(C)c(C(F)(F)F)c(-c3nc4c5c(nc(OC[C@@]67CCCN6C[C@H](F)C7)nc5c3F)N(CCO[Si](c3ccccc3)(c3ccccc3)C(C)(C)C)CCO4)n2)cc1. The van der Waals surface area contributed by atoms with Gasteiger partial charge in [0.1, 0.15) is 64.8 Å². The summed E-state index contributed by atoms with van der Waals surface area (Å²) in [6, 6.07) is 36.3. The molecule has 76 heavy (non-hydrogen) atoms. The normalized spacial score (nSPS) is 17.8. The molecular weight excluding hydrogens is 998 g/mol. The molecule has 3 aliphatic rings. The first-order chi connectivity index (χ1) is 36.5. The molecule has 398 valence electrons. The van der Waals surface area contributed by atoms with Gasteiger partial charge in [-0.3, -0.25) is 4.90 Å². The summed E-state index contributed by atoms with van der Waals surface area (Å²) in [6.07, 6.45) is -4.23. The maximum Gasteiger partial charge on any atom is 0.418 e. The lowest BCUT2D eigenvalue weighted by molar-refractivity contribution is -0.137. The minimum atomic E-state index is -4.99. The van der Waals surface area contributed by atoms with Crippen molar-refractivity contribution in [1.82, 2.24) is 24.8 Å². The number of hydrogen-bond acceptors (Lipinski definition) is 12. The van der Waals surface area contributed by atoms with Crippen LogP contribution in [0.15, 0.2) is 115 Å². The second kappa shape index (κ2) is 21.3. The fraction of sp³-hybridized carbons (Fsp3) is 0.379. The van der Waals surface area contributed by atoms with Crippen molar-refractivity contribution in [2.24, 2.45) is 0 Å². The number of anilines is 2. The van der Waals surface area contributed by atoms with Crippen molar-refractivity contribution in [2.75, 3.05) is 70.0 Å². The standard InChI is InChI=1S/C58H62F5N7O5Si/c1-38-32-46(69(34-39-18-22-42(71-5)23-19-39)35-40-20-24-43(72-6)25-21-40)64-51(48(38)58(61,62)63)52-49(60)50-47-53(67-55(66-50)74-37-57-26-13-27-70(57)36-41(59)33-57)68(28-30-73-54(47)65-52)29-31-75-76(56(2,3)4,44-14-9-7-10-15-44)45-16-11-8-12-17-45/h7-12,14-25,32,41H,13,26-31,33-37H2,1-6H3/t41-,57+/m1/s1. The van der Waals surface area contributed by atoms with Crippen LogP contribution in [0.5, 0.6) is 23.4 Å². The zero-order chi connectivity index (χ0) is 53.4. The maximum atomic E-state index is 18.1. The average Bonchev–Trinajstić information content (AvgIpc) is 3.95. The highest BCUT2D eigenvalue weighted by atomic mass is 28.4. The third-order valence-corrected chi connectivity index (χ3v) is 20.1. The zero-order valence-corrected chi connectivity index (χ0v) is 44.6. The predicted molar refractivity (Wildman–Crippen MR) is 286 cm³/mol. The van der Waals surface area contributed by atoms with Gasteiger partial charge in [-0.1, -0.05) is 106 Å². The summed E-state index contributed by atoms with van der Waals surface area (Å²) >= 11 is 0. The van der Waals surface area contributed by atoms with Crippen molar-refractivity contribution < 1.29 is 45.3 Å². The smallest absolute Gasteiger partial charge is 0.418 e. The van der Waals surface area contributed by atoms with Crippen LogP contribution in [0, 0.1) is 12.7 Å². The second-order valence-electron chi connectivity index (χ2n) is 20.9. The first-order valence-electron chi connectivity index (χ1n) is 25.7. The molecule has 0 amide bonds. The van der Waals surface area contributed by atoms with Crippen molar-refractivity contribution in [3.8, 4) is 34.8 Å². The number of hydrogen-bond donors (Lipinski definition) is 0. The topological polar surface area (TPSA) is 107 Å². The molecule has 3 aromatic heterocycles. The third-order valence-electron chi connectivity index (χ3n) is 15.0. The fourth-order valence-corrected chi connectivity index (χ4v) is 16.0. The van der Waals surface area contributed by atoms with Gasteiger partial charge in [-0.15, -0.1) is 0 Å². The Labute approximate surface area is 440 Å². The van der Waals surface area contributed by atoms with Crippen molar-refractivity contribution in [3.63, 3.8) is 0 Å². The number of methoxy groups -OCH3 is 2. The van der Waals surface area contributed by atoms with Gasteiger partial charge < -0.3 is 33.2 Å². The molecule has 10 rings (SSSR count). The molecule has 0 unspecified atom stereocenters. The summed E-state index contributed by atoms with van der Waals surface area (Å²) < 4.78 is 111. The molecule has 2 saturated heterocycles. The van der Waals surface area contributed by atoms with Crippen molar-refractivity contribution in [2.45, 2.75) is 83.0 Å². The molecule has 0 spiro atoms. The number of benzene rings is 4. The molecule has 18 heteroatoms. The van der Waals surface area contributed by atoms with Crippen LogP contribution in [0.25, 0.3) is 22.3 Å². The molecule has 0 N–H and O–H groups in total. The molecule has 7 aromatic rings. The van der Waals surface area contributed by atoms with Crippen LogP contribution in [0.2, 0.25) is 5.04 Å². The molecule has 0 aliphatic carbocycles. The molecular formula is C58H62F5N7O5Si. The molecule has 2 fully saturated rings. The van der Waals surface area contributed by atoms with Crippen molar-refractivity contribution >= 4 is 41.2 Å². The quantitative estimate of drug-likeness (QED) is 0.0640. The van der Waals surface area contributed by atoms with Crippen LogP contribution in [0.4, 0.5) is 33.6 Å². The Morgan fingerprint density at radius 2 is 1.41 bits per heavy atom. The first-order valence-corrected chi connectivity index (χ1v) is 27.6. The van der Waals surface area contributed by atoms with Crippen LogP contribution < -0.4 is 39.1 Å². The van der Waals surface area contributed by atoms with Crippen LogP contribution in [-0.2, 0) is 23.7 Å². The van der Waals surface area contributed by atoms with E-state index in [1.165, 1.54) is 13.0 Å². The minimum Gasteiger partial charge on any atom is -0.497 e. The Bertz CT molecular complexity index is 3080. The summed E-state index contributed by atoms with van der Waals surface area (Å²) in [6.45, 7) is 10.0. The largest absolute Gasteiger partial charge is 0.497 e. The number of rotatable bonds is 17. The van der Waals surface area contributed by atoms with E-state index in [2.05, 4.69) is 59.9 Å². The number of pyridine rings is 2. The van der Waals surface area contributed by atoms with E-state index in [-0.39, 0.29) is 104 Å². The summed E-state index contributed by atoms with van der Waals surface area (Å²) in [5.41, 5.74) is -2.14. The molecule has 6 heterocycles. The van der Waals surface area contributed by atoms with Gasteiger partial charge in [0.15, 0.2) is 5.82 Å². The molecule has 12 nitrogen and oxygen atoms in total. The Kier molecular flexibility index (Phi) is 14.7. The van der Waals surface area contributed by atoms with Crippen molar-refractivity contribution in [1.29, 1.82) is 0 Å². The van der Waals surface area contributed by atoms with E-state index in [9.17, 15) is 0 Å². The highest BCUT2D eigenvalue weighted by Gasteiger charge is 2.51. The number of alkyl halides is 4. The van der Waals surface area contributed by atoms with E-state index >= 15 is 22.0 Å². The number of nitrogens with zero attached hydrogens (tertiary/aromatic N) is 7. The van der Waals surface area contributed by atoms with E-state index in [1.54, 1.807) is 38.5 Å². The maximum absolute atomic E-state index is 18.1. The van der Waals surface area contributed by atoms with Gasteiger partial charge in [-0.25, -0.2) is 18.7 Å². The van der Waals surface area contributed by atoms with Crippen molar-refractivity contribution in [3.05, 3.63) is 143 Å². The van der Waals surface area contributed by atoms with E-state index < -0.39 is 49.0 Å². The van der Waals surface area contributed by atoms with Gasteiger partial charge in [0.2, 0.25) is 5.88 Å². The monoisotopic (exact) mass is 1060 g/mol. The van der Waals surface area contributed by atoms with Crippen LogP contribution >= 0.6 is 0 Å². The lowest BCUT2D eigenvalue weighted by atomic mass is 9.95. The van der Waals surface area contributed by atoms with Crippen LogP contribution in [-0.4, -0.2) is 105 Å². The molecule has 0 bridgehead atoms. The number of ether oxygens (including phenoxy) is 4.